The van der Waals surface area contributed by atoms with E-state index >= 15 is 0 Å². The molecule has 2 aliphatic heterocycles. The Morgan fingerprint density at radius 3 is 2.88 bits per heavy atom. The van der Waals surface area contributed by atoms with Gasteiger partial charge in [0.1, 0.15) is 5.82 Å². The fraction of sp³-hybridized carbons (Fsp3) is 0.474. The van der Waals surface area contributed by atoms with Crippen LogP contribution in [-0.2, 0) is 11.8 Å². The second-order valence-corrected chi connectivity index (χ2v) is 6.87. The average Bonchev–Trinajstić information content (AvgIpc) is 3.35. The number of nitrogens with one attached hydrogen (secondary N) is 1. The minimum Gasteiger partial charge on any atom is -0.378 e. The molecule has 0 spiro atoms. The van der Waals surface area contributed by atoms with E-state index in [0.717, 1.165) is 24.5 Å². The number of amides is 1. The van der Waals surface area contributed by atoms with Crippen LogP contribution in [0.3, 0.4) is 0 Å². The molecule has 2 saturated heterocycles. The number of nitrogens with zero attached hydrogens (tertiary/aromatic N) is 3. The minimum absolute atomic E-state index is 0.0456. The molecule has 0 saturated carbocycles. The third-order valence-corrected chi connectivity index (χ3v) is 5.18. The Hall–Kier alpha value is -2.18. The van der Waals surface area contributed by atoms with E-state index in [9.17, 15) is 4.79 Å². The van der Waals surface area contributed by atoms with Crippen LogP contribution in [0.1, 0.15) is 23.2 Å². The predicted octanol–water partition coefficient (Wildman–Crippen LogP) is 1.68. The Labute approximate surface area is 147 Å². The third kappa shape index (κ3) is 3.32. The maximum absolute atomic E-state index is 12.8. The number of aryl methyl sites for hydroxylation is 1. The van der Waals surface area contributed by atoms with Crippen LogP contribution in [0.2, 0.25) is 0 Å². The lowest BCUT2D eigenvalue weighted by molar-refractivity contribution is 0.0916. The van der Waals surface area contributed by atoms with Gasteiger partial charge < -0.3 is 14.6 Å². The molecule has 0 aliphatic carbocycles. The summed E-state index contributed by atoms with van der Waals surface area (Å²) in [5.74, 6) is 0.810. The summed E-state index contributed by atoms with van der Waals surface area (Å²) in [5, 5.41) is 3.18. The van der Waals surface area contributed by atoms with Gasteiger partial charge in [-0.2, -0.15) is 0 Å². The van der Waals surface area contributed by atoms with Gasteiger partial charge in [-0.1, -0.05) is 12.1 Å². The first-order valence-corrected chi connectivity index (χ1v) is 8.93. The summed E-state index contributed by atoms with van der Waals surface area (Å²) in [6.07, 6.45) is 6.14. The number of benzene rings is 1. The average molecular weight is 340 g/mol. The molecular formula is C19H24N4O2. The van der Waals surface area contributed by atoms with E-state index in [1.54, 1.807) is 6.20 Å². The molecule has 4 rings (SSSR count). The zero-order valence-electron chi connectivity index (χ0n) is 14.5. The van der Waals surface area contributed by atoms with Gasteiger partial charge in [0.05, 0.1) is 25.3 Å². The molecular weight excluding hydrogens is 316 g/mol. The molecule has 1 N–H and O–H groups in total. The molecule has 2 atom stereocenters. The second kappa shape index (κ2) is 6.98. The summed E-state index contributed by atoms with van der Waals surface area (Å²) in [7, 11) is 1.95. The molecule has 0 radical (unpaired) electrons. The van der Waals surface area contributed by atoms with Gasteiger partial charge in [0.15, 0.2) is 0 Å². The van der Waals surface area contributed by atoms with Gasteiger partial charge in [-0.15, -0.1) is 0 Å². The topological polar surface area (TPSA) is 59.4 Å². The maximum Gasteiger partial charge on any atom is 0.251 e. The van der Waals surface area contributed by atoms with E-state index in [4.69, 9.17) is 4.74 Å². The fourth-order valence-electron chi connectivity index (χ4n) is 3.81. The molecule has 1 aromatic heterocycles. The van der Waals surface area contributed by atoms with Crippen molar-refractivity contribution >= 4 is 5.91 Å². The van der Waals surface area contributed by atoms with Crippen molar-refractivity contribution in [2.45, 2.75) is 24.9 Å². The number of rotatable bonds is 4. The van der Waals surface area contributed by atoms with Crippen LogP contribution in [0.5, 0.6) is 0 Å². The van der Waals surface area contributed by atoms with E-state index in [-0.39, 0.29) is 11.9 Å². The quantitative estimate of drug-likeness (QED) is 0.920. The van der Waals surface area contributed by atoms with Crippen LogP contribution in [0, 0.1) is 0 Å². The lowest BCUT2D eigenvalue weighted by atomic mass is 10.1. The normalized spacial score (nSPS) is 23.9. The predicted molar refractivity (Wildman–Crippen MR) is 95.3 cm³/mol. The summed E-state index contributed by atoms with van der Waals surface area (Å²) in [6.45, 7) is 3.51. The molecule has 6 heteroatoms. The van der Waals surface area contributed by atoms with Gasteiger partial charge in [-0.05, 0) is 38.1 Å². The lowest BCUT2D eigenvalue weighted by Crippen LogP contribution is -2.50. The molecule has 2 fully saturated rings. The largest absolute Gasteiger partial charge is 0.378 e. The Kier molecular flexibility index (Phi) is 4.55. The Balaban J connectivity index is 1.48. The molecule has 2 aliphatic rings. The summed E-state index contributed by atoms with van der Waals surface area (Å²) in [6, 6.07) is 7.99. The van der Waals surface area contributed by atoms with Crippen molar-refractivity contribution in [3.8, 4) is 11.4 Å². The number of hydrogen-bond acceptors (Lipinski definition) is 4. The minimum atomic E-state index is -0.0456. The maximum atomic E-state index is 12.8. The summed E-state index contributed by atoms with van der Waals surface area (Å²) in [4.78, 5) is 19.6. The number of aromatic nitrogens is 2. The second-order valence-electron chi connectivity index (χ2n) is 6.87. The van der Waals surface area contributed by atoms with Gasteiger partial charge in [-0.25, -0.2) is 4.98 Å². The van der Waals surface area contributed by atoms with Crippen LogP contribution in [0.4, 0.5) is 0 Å². The smallest absolute Gasteiger partial charge is 0.251 e. The monoisotopic (exact) mass is 340 g/mol. The van der Waals surface area contributed by atoms with Crippen molar-refractivity contribution < 1.29 is 9.53 Å². The Morgan fingerprint density at radius 1 is 1.28 bits per heavy atom. The first-order valence-electron chi connectivity index (χ1n) is 8.93. The van der Waals surface area contributed by atoms with Crippen molar-refractivity contribution in [2.24, 2.45) is 7.05 Å². The van der Waals surface area contributed by atoms with Gasteiger partial charge in [0.2, 0.25) is 0 Å². The SMILES string of the molecule is Cn1ccnc1-c1cccc(C(=O)N[C@H]2COC[C@@H]2N2CCCC2)c1. The summed E-state index contributed by atoms with van der Waals surface area (Å²) in [5.41, 5.74) is 1.60. The van der Waals surface area contributed by atoms with Gasteiger partial charge in [0.25, 0.3) is 5.91 Å². The third-order valence-electron chi connectivity index (χ3n) is 5.18. The number of carbonyl (C=O) groups is 1. The number of ether oxygens (including phenoxy) is 1. The zero-order valence-corrected chi connectivity index (χ0v) is 14.5. The highest BCUT2D eigenvalue weighted by atomic mass is 16.5. The molecule has 1 aromatic carbocycles. The van der Waals surface area contributed by atoms with Crippen LogP contribution in [0.15, 0.2) is 36.7 Å². The summed E-state index contributed by atoms with van der Waals surface area (Å²) < 4.78 is 7.60. The molecule has 6 nitrogen and oxygen atoms in total. The van der Waals surface area contributed by atoms with Crippen molar-refractivity contribution in [1.29, 1.82) is 0 Å². The van der Waals surface area contributed by atoms with Crippen LogP contribution >= 0.6 is 0 Å². The lowest BCUT2D eigenvalue weighted by Gasteiger charge is -2.27. The van der Waals surface area contributed by atoms with Crippen molar-refractivity contribution in [3.05, 3.63) is 42.2 Å². The van der Waals surface area contributed by atoms with E-state index in [2.05, 4.69) is 15.2 Å². The van der Waals surface area contributed by atoms with E-state index in [1.807, 2.05) is 42.1 Å². The molecule has 3 heterocycles. The van der Waals surface area contributed by atoms with Gasteiger partial charge in [0, 0.05) is 30.6 Å². The summed E-state index contributed by atoms with van der Waals surface area (Å²) >= 11 is 0. The number of imidazole rings is 1. The Morgan fingerprint density at radius 2 is 2.12 bits per heavy atom. The van der Waals surface area contributed by atoms with Crippen LogP contribution in [-0.4, -0.2) is 58.7 Å². The van der Waals surface area contributed by atoms with E-state index in [0.29, 0.717) is 24.8 Å². The first kappa shape index (κ1) is 16.3. The molecule has 0 unspecified atom stereocenters. The van der Waals surface area contributed by atoms with Gasteiger partial charge in [-0.3, -0.25) is 9.69 Å². The number of hydrogen-bond donors (Lipinski definition) is 1. The molecule has 132 valence electrons. The molecule has 1 amide bonds. The highest BCUT2D eigenvalue weighted by Crippen LogP contribution is 2.21. The van der Waals surface area contributed by atoms with Crippen molar-refractivity contribution in [3.63, 3.8) is 0 Å². The van der Waals surface area contributed by atoms with E-state index in [1.165, 1.54) is 12.8 Å². The van der Waals surface area contributed by atoms with Crippen LogP contribution < -0.4 is 5.32 Å². The molecule has 2 aromatic rings. The fourth-order valence-corrected chi connectivity index (χ4v) is 3.81. The molecule has 25 heavy (non-hydrogen) atoms. The van der Waals surface area contributed by atoms with Crippen LogP contribution in [0.25, 0.3) is 11.4 Å². The van der Waals surface area contributed by atoms with Crippen molar-refractivity contribution in [2.75, 3.05) is 26.3 Å². The number of carbonyl (C=O) groups excluding carboxylic acids is 1. The van der Waals surface area contributed by atoms with Crippen molar-refractivity contribution in [1.82, 2.24) is 19.8 Å². The van der Waals surface area contributed by atoms with E-state index < -0.39 is 0 Å². The standard InChI is InChI=1S/C19H24N4O2/c1-22-10-7-20-18(22)14-5-4-6-15(11-14)19(24)21-16-12-25-13-17(16)23-8-2-3-9-23/h4-7,10-11,16-17H,2-3,8-9,12-13H2,1H3,(H,21,24)/t16-,17-/m0/s1. The molecule has 0 bridgehead atoms. The number of likely N-dealkylation sites (tertiary alicyclic amines) is 1. The zero-order chi connectivity index (χ0) is 17.2. The first-order chi connectivity index (χ1) is 12.2. The highest BCUT2D eigenvalue weighted by molar-refractivity contribution is 5.95. The Bertz CT molecular complexity index is 751. The highest BCUT2D eigenvalue weighted by Gasteiger charge is 2.35. The van der Waals surface area contributed by atoms with Gasteiger partial charge >= 0.3 is 0 Å².